The number of anilines is 2. The molecule has 9 heteroatoms. The van der Waals surface area contributed by atoms with Crippen LogP contribution in [0, 0.1) is 0 Å². The van der Waals surface area contributed by atoms with E-state index in [1.165, 1.54) is 12.1 Å². The third-order valence-corrected chi connectivity index (χ3v) is 5.36. The zero-order chi connectivity index (χ0) is 22.7. The van der Waals surface area contributed by atoms with Crippen LogP contribution < -0.4 is 19.7 Å². The Labute approximate surface area is 183 Å². The summed E-state index contributed by atoms with van der Waals surface area (Å²) in [6, 6.07) is 8.59. The molecule has 0 saturated carbocycles. The van der Waals surface area contributed by atoms with Crippen LogP contribution in [0.25, 0.3) is 5.57 Å². The lowest BCUT2D eigenvalue weighted by Gasteiger charge is -2.31. The number of rotatable bonds is 4. The van der Waals surface area contributed by atoms with Gasteiger partial charge in [0.05, 0.1) is 31.0 Å². The standard InChI is InChI=1S/C23H23F3N2O4/c24-23(25,26)16-3-5-18-15(2-1-10-31-21(18)13-16)12-22(30)27-17-4-6-20-19(14-17)28(7-9-29)8-11-32-20/h3-6,12-14,29H,1-2,7-11H2,(H,27,30). The van der Waals surface area contributed by atoms with E-state index in [0.717, 1.165) is 17.8 Å². The maximum absolute atomic E-state index is 13.0. The van der Waals surface area contributed by atoms with E-state index in [1.807, 2.05) is 4.90 Å². The second-order valence-corrected chi connectivity index (χ2v) is 7.56. The molecule has 2 N–H and O–H groups in total. The highest BCUT2D eigenvalue weighted by atomic mass is 19.4. The number of alkyl halides is 3. The summed E-state index contributed by atoms with van der Waals surface area (Å²) >= 11 is 0. The minimum absolute atomic E-state index is 0.000340. The molecule has 0 aromatic heterocycles. The van der Waals surface area contributed by atoms with Crippen molar-refractivity contribution in [3.8, 4) is 11.5 Å². The molecule has 0 atom stereocenters. The van der Waals surface area contributed by atoms with Crippen LogP contribution in [0.5, 0.6) is 11.5 Å². The van der Waals surface area contributed by atoms with Crippen molar-refractivity contribution in [2.24, 2.45) is 0 Å². The summed E-state index contributed by atoms with van der Waals surface area (Å²) in [6.07, 6.45) is -1.97. The minimum Gasteiger partial charge on any atom is -0.493 e. The highest BCUT2D eigenvalue weighted by Gasteiger charge is 2.32. The minimum atomic E-state index is -4.47. The largest absolute Gasteiger partial charge is 0.493 e. The molecular formula is C23H23F3N2O4. The van der Waals surface area contributed by atoms with Gasteiger partial charge in [0.1, 0.15) is 18.1 Å². The molecule has 0 radical (unpaired) electrons. The Morgan fingerprint density at radius 3 is 2.72 bits per heavy atom. The van der Waals surface area contributed by atoms with E-state index < -0.39 is 17.6 Å². The smallest absolute Gasteiger partial charge is 0.416 e. The maximum atomic E-state index is 13.0. The fourth-order valence-corrected chi connectivity index (χ4v) is 3.85. The van der Waals surface area contributed by atoms with Gasteiger partial charge < -0.3 is 24.8 Å². The van der Waals surface area contributed by atoms with Crippen LogP contribution in [0.1, 0.15) is 24.0 Å². The SMILES string of the molecule is O=C(C=C1CCCOc2cc(C(F)(F)F)ccc21)Nc1ccc2c(c1)N(CCO)CCO2. The number of nitrogens with one attached hydrogen (secondary N) is 1. The van der Waals surface area contributed by atoms with Crippen molar-refractivity contribution in [1.82, 2.24) is 0 Å². The second kappa shape index (κ2) is 9.12. The van der Waals surface area contributed by atoms with Gasteiger partial charge in [0, 0.05) is 23.9 Å². The number of carbonyl (C=O) groups is 1. The Kier molecular flexibility index (Phi) is 6.27. The summed E-state index contributed by atoms with van der Waals surface area (Å²) in [5, 5.41) is 12.1. The van der Waals surface area contributed by atoms with Gasteiger partial charge in [0.2, 0.25) is 5.91 Å². The molecule has 170 valence electrons. The number of benzene rings is 2. The molecule has 0 unspecified atom stereocenters. The van der Waals surface area contributed by atoms with Gasteiger partial charge in [-0.15, -0.1) is 0 Å². The average Bonchev–Trinajstić information content (AvgIpc) is 2.95. The fraction of sp³-hybridized carbons (Fsp3) is 0.348. The zero-order valence-electron chi connectivity index (χ0n) is 17.2. The lowest BCUT2D eigenvalue weighted by atomic mass is 9.99. The number of halogens is 3. The molecule has 4 rings (SSSR count). The summed E-state index contributed by atoms with van der Waals surface area (Å²) in [5.41, 5.74) is 1.65. The van der Waals surface area contributed by atoms with Crippen molar-refractivity contribution < 1.29 is 32.5 Å². The van der Waals surface area contributed by atoms with Crippen LogP contribution in [-0.2, 0) is 11.0 Å². The molecule has 2 aliphatic rings. The molecule has 0 bridgehead atoms. The van der Waals surface area contributed by atoms with Gasteiger partial charge in [0.25, 0.3) is 0 Å². The number of hydrogen-bond donors (Lipinski definition) is 2. The van der Waals surface area contributed by atoms with E-state index in [0.29, 0.717) is 55.1 Å². The van der Waals surface area contributed by atoms with E-state index in [-0.39, 0.29) is 19.0 Å². The fourth-order valence-electron chi connectivity index (χ4n) is 3.85. The highest BCUT2D eigenvalue weighted by molar-refractivity contribution is 6.04. The number of aliphatic hydroxyl groups excluding tert-OH is 1. The lowest BCUT2D eigenvalue weighted by Crippen LogP contribution is -2.34. The Hall–Kier alpha value is -3.20. The summed E-state index contributed by atoms with van der Waals surface area (Å²) in [4.78, 5) is 14.7. The summed E-state index contributed by atoms with van der Waals surface area (Å²) in [7, 11) is 0. The van der Waals surface area contributed by atoms with Crippen molar-refractivity contribution in [3.63, 3.8) is 0 Å². The van der Waals surface area contributed by atoms with Crippen LogP contribution >= 0.6 is 0 Å². The normalized spacial score (nSPS) is 17.0. The van der Waals surface area contributed by atoms with Crippen molar-refractivity contribution in [2.75, 3.05) is 43.1 Å². The number of amides is 1. The van der Waals surface area contributed by atoms with Crippen LogP contribution in [0.3, 0.4) is 0 Å². The molecule has 0 spiro atoms. The first-order chi connectivity index (χ1) is 15.3. The maximum Gasteiger partial charge on any atom is 0.416 e. The Morgan fingerprint density at radius 2 is 1.94 bits per heavy atom. The van der Waals surface area contributed by atoms with E-state index in [9.17, 15) is 23.1 Å². The molecule has 0 saturated heterocycles. The summed E-state index contributed by atoms with van der Waals surface area (Å²) < 4.78 is 50.3. The van der Waals surface area contributed by atoms with Gasteiger partial charge in [-0.25, -0.2) is 0 Å². The number of ether oxygens (including phenoxy) is 2. The van der Waals surface area contributed by atoms with Gasteiger partial charge in [-0.05, 0) is 48.7 Å². The third kappa shape index (κ3) is 4.83. The van der Waals surface area contributed by atoms with Gasteiger partial charge in [-0.2, -0.15) is 13.2 Å². The number of β-amino-alcohol motifs (C(OH)–C–C–N with tert-alkyl or cyclic N) is 1. The molecule has 32 heavy (non-hydrogen) atoms. The van der Waals surface area contributed by atoms with E-state index in [1.54, 1.807) is 18.2 Å². The Balaban J connectivity index is 1.56. The van der Waals surface area contributed by atoms with Crippen LogP contribution in [0.15, 0.2) is 42.5 Å². The summed E-state index contributed by atoms with van der Waals surface area (Å²) in [6.45, 7) is 1.88. The van der Waals surface area contributed by atoms with Crippen molar-refractivity contribution >= 4 is 22.9 Å². The monoisotopic (exact) mass is 448 g/mol. The van der Waals surface area contributed by atoms with Crippen LogP contribution in [-0.4, -0.2) is 43.9 Å². The van der Waals surface area contributed by atoms with Crippen molar-refractivity contribution in [2.45, 2.75) is 19.0 Å². The second-order valence-electron chi connectivity index (χ2n) is 7.56. The number of carbonyl (C=O) groups excluding carboxylic acids is 1. The predicted molar refractivity (Wildman–Crippen MR) is 114 cm³/mol. The van der Waals surface area contributed by atoms with Crippen molar-refractivity contribution in [1.29, 1.82) is 0 Å². The molecule has 2 aromatic carbocycles. The third-order valence-electron chi connectivity index (χ3n) is 5.36. The number of fused-ring (bicyclic) bond motifs is 2. The van der Waals surface area contributed by atoms with Gasteiger partial charge in [0.15, 0.2) is 0 Å². The molecule has 2 aromatic rings. The number of aliphatic hydroxyl groups is 1. The molecule has 0 aliphatic carbocycles. The number of allylic oxidation sites excluding steroid dienone is 1. The quantitative estimate of drug-likeness (QED) is 0.690. The average molecular weight is 448 g/mol. The Morgan fingerprint density at radius 1 is 1.12 bits per heavy atom. The lowest BCUT2D eigenvalue weighted by molar-refractivity contribution is -0.137. The highest BCUT2D eigenvalue weighted by Crippen LogP contribution is 2.38. The molecule has 1 amide bonds. The van der Waals surface area contributed by atoms with E-state index in [2.05, 4.69) is 5.32 Å². The number of hydrogen-bond acceptors (Lipinski definition) is 5. The summed E-state index contributed by atoms with van der Waals surface area (Å²) in [5.74, 6) is 0.413. The first-order valence-corrected chi connectivity index (χ1v) is 10.3. The van der Waals surface area contributed by atoms with Gasteiger partial charge in [-0.3, -0.25) is 4.79 Å². The topological polar surface area (TPSA) is 71.0 Å². The van der Waals surface area contributed by atoms with Gasteiger partial charge in [-0.1, -0.05) is 6.07 Å². The van der Waals surface area contributed by atoms with Crippen LogP contribution in [0.4, 0.5) is 24.5 Å². The van der Waals surface area contributed by atoms with Crippen LogP contribution in [0.2, 0.25) is 0 Å². The number of nitrogens with zero attached hydrogens (tertiary/aromatic N) is 1. The molecule has 2 aliphatic heterocycles. The Bertz CT molecular complexity index is 1040. The zero-order valence-corrected chi connectivity index (χ0v) is 17.2. The van der Waals surface area contributed by atoms with Crippen molar-refractivity contribution in [3.05, 3.63) is 53.6 Å². The van der Waals surface area contributed by atoms with E-state index >= 15 is 0 Å². The first kappa shape index (κ1) is 22.0. The first-order valence-electron chi connectivity index (χ1n) is 10.3. The van der Waals surface area contributed by atoms with Gasteiger partial charge >= 0.3 is 6.18 Å². The molecule has 6 nitrogen and oxygen atoms in total. The molecule has 0 fully saturated rings. The van der Waals surface area contributed by atoms with E-state index in [4.69, 9.17) is 9.47 Å². The predicted octanol–water partition coefficient (Wildman–Crippen LogP) is 4.09. The molecule has 2 heterocycles. The molecular weight excluding hydrogens is 425 g/mol.